The Morgan fingerprint density at radius 3 is 2.37 bits per heavy atom. The molecule has 0 bridgehead atoms. The quantitative estimate of drug-likeness (QED) is 0.840. The molecule has 0 saturated heterocycles. The SMILES string of the molecule is CN(C(=O)[C@@H]1CC=CC[C@@H]1C(=O)O)c1ccncc1. The van der Waals surface area contributed by atoms with Crippen LogP contribution in [-0.4, -0.2) is 29.0 Å². The van der Waals surface area contributed by atoms with Crippen molar-refractivity contribution in [3.63, 3.8) is 0 Å². The summed E-state index contributed by atoms with van der Waals surface area (Å²) in [4.78, 5) is 29.0. The van der Waals surface area contributed by atoms with Crippen LogP contribution in [0.4, 0.5) is 5.69 Å². The molecule has 0 aliphatic heterocycles. The molecule has 1 aromatic rings. The van der Waals surface area contributed by atoms with E-state index in [0.717, 1.165) is 5.69 Å². The second-order valence-corrected chi connectivity index (χ2v) is 4.60. The van der Waals surface area contributed by atoms with Gasteiger partial charge in [-0.05, 0) is 25.0 Å². The predicted molar refractivity (Wildman–Crippen MR) is 70.6 cm³/mol. The summed E-state index contributed by atoms with van der Waals surface area (Å²) in [5.41, 5.74) is 0.721. The summed E-state index contributed by atoms with van der Waals surface area (Å²) >= 11 is 0. The molecule has 1 amide bonds. The van der Waals surface area contributed by atoms with Gasteiger partial charge in [0, 0.05) is 25.1 Å². The lowest BCUT2D eigenvalue weighted by atomic mass is 9.82. The molecule has 1 aliphatic carbocycles. The summed E-state index contributed by atoms with van der Waals surface area (Å²) in [6.45, 7) is 0. The topological polar surface area (TPSA) is 70.5 Å². The van der Waals surface area contributed by atoms with Gasteiger partial charge in [-0.15, -0.1) is 0 Å². The smallest absolute Gasteiger partial charge is 0.307 e. The molecule has 2 atom stereocenters. The average molecular weight is 260 g/mol. The fourth-order valence-electron chi connectivity index (χ4n) is 2.30. The van der Waals surface area contributed by atoms with Gasteiger partial charge in [0.25, 0.3) is 0 Å². The van der Waals surface area contributed by atoms with E-state index < -0.39 is 17.8 Å². The maximum Gasteiger partial charge on any atom is 0.307 e. The summed E-state index contributed by atoms with van der Waals surface area (Å²) in [7, 11) is 1.66. The van der Waals surface area contributed by atoms with Gasteiger partial charge >= 0.3 is 5.97 Å². The van der Waals surface area contributed by atoms with Crippen molar-refractivity contribution in [2.24, 2.45) is 11.8 Å². The van der Waals surface area contributed by atoms with Crippen LogP contribution in [0.3, 0.4) is 0 Å². The van der Waals surface area contributed by atoms with Crippen LogP contribution >= 0.6 is 0 Å². The molecule has 0 aromatic carbocycles. The zero-order valence-corrected chi connectivity index (χ0v) is 10.7. The van der Waals surface area contributed by atoms with Crippen LogP contribution in [0.25, 0.3) is 0 Å². The first-order valence-electron chi connectivity index (χ1n) is 6.16. The number of anilines is 1. The van der Waals surface area contributed by atoms with Gasteiger partial charge in [0.1, 0.15) is 0 Å². The zero-order valence-electron chi connectivity index (χ0n) is 10.7. The molecule has 1 aliphatic rings. The number of hydrogen-bond donors (Lipinski definition) is 1. The van der Waals surface area contributed by atoms with Gasteiger partial charge in [-0.25, -0.2) is 0 Å². The van der Waals surface area contributed by atoms with Crippen molar-refractivity contribution < 1.29 is 14.7 Å². The minimum absolute atomic E-state index is 0.164. The summed E-state index contributed by atoms with van der Waals surface area (Å²) in [5, 5.41) is 9.20. The minimum atomic E-state index is -0.911. The summed E-state index contributed by atoms with van der Waals surface area (Å²) in [6, 6.07) is 3.46. The molecular weight excluding hydrogens is 244 g/mol. The summed E-state index contributed by atoms with van der Waals surface area (Å²) in [5.74, 6) is -2.21. The van der Waals surface area contributed by atoms with Gasteiger partial charge in [0.05, 0.1) is 11.8 Å². The fourth-order valence-corrected chi connectivity index (χ4v) is 2.30. The lowest BCUT2D eigenvalue weighted by Gasteiger charge is -2.28. The second kappa shape index (κ2) is 5.65. The van der Waals surface area contributed by atoms with E-state index in [1.807, 2.05) is 12.2 Å². The number of amides is 1. The number of carbonyl (C=O) groups is 2. The molecule has 0 fully saturated rings. The normalized spacial score (nSPS) is 21.9. The second-order valence-electron chi connectivity index (χ2n) is 4.60. The molecular formula is C14H16N2O3. The molecule has 100 valence electrons. The molecule has 0 spiro atoms. The number of aromatic nitrogens is 1. The standard InChI is InChI=1S/C14H16N2O3/c1-16(10-6-8-15-9-7-10)13(17)11-4-2-3-5-12(11)14(18)19/h2-3,6-9,11-12H,4-5H2,1H3,(H,18,19)/t11-,12+/m1/s1. The Morgan fingerprint density at radius 2 is 1.79 bits per heavy atom. The minimum Gasteiger partial charge on any atom is -0.481 e. The maximum absolute atomic E-state index is 12.4. The molecule has 19 heavy (non-hydrogen) atoms. The van der Waals surface area contributed by atoms with Gasteiger partial charge in [0.15, 0.2) is 0 Å². The van der Waals surface area contributed by atoms with E-state index in [2.05, 4.69) is 4.98 Å². The van der Waals surface area contributed by atoms with Crippen molar-refractivity contribution in [3.05, 3.63) is 36.7 Å². The van der Waals surface area contributed by atoms with Gasteiger partial charge in [-0.2, -0.15) is 0 Å². The zero-order chi connectivity index (χ0) is 13.8. The van der Waals surface area contributed by atoms with E-state index in [4.69, 9.17) is 0 Å². The number of carbonyl (C=O) groups excluding carboxylic acids is 1. The van der Waals surface area contributed by atoms with Crippen LogP contribution in [-0.2, 0) is 9.59 Å². The Hall–Kier alpha value is -2.17. The number of carboxylic acid groups (broad SMARTS) is 1. The number of nitrogens with zero attached hydrogens (tertiary/aromatic N) is 2. The van der Waals surface area contributed by atoms with Crippen LogP contribution in [0.1, 0.15) is 12.8 Å². The molecule has 1 heterocycles. The van der Waals surface area contributed by atoms with Crippen molar-refractivity contribution in [2.75, 3.05) is 11.9 Å². The number of aliphatic carboxylic acids is 1. The lowest BCUT2D eigenvalue weighted by molar-refractivity contribution is -0.146. The van der Waals surface area contributed by atoms with Crippen molar-refractivity contribution >= 4 is 17.6 Å². The molecule has 1 aromatic heterocycles. The molecule has 2 rings (SSSR count). The number of pyridine rings is 1. The van der Waals surface area contributed by atoms with Crippen molar-refractivity contribution in [1.82, 2.24) is 4.98 Å². The third kappa shape index (κ3) is 2.81. The molecule has 1 N–H and O–H groups in total. The van der Waals surface area contributed by atoms with E-state index in [9.17, 15) is 14.7 Å². The number of rotatable bonds is 3. The van der Waals surface area contributed by atoms with Crippen molar-refractivity contribution in [1.29, 1.82) is 0 Å². The first kappa shape index (κ1) is 13.3. The third-order valence-electron chi connectivity index (χ3n) is 3.45. The van der Waals surface area contributed by atoms with Crippen LogP contribution < -0.4 is 4.90 Å². The highest BCUT2D eigenvalue weighted by atomic mass is 16.4. The van der Waals surface area contributed by atoms with Crippen molar-refractivity contribution in [3.8, 4) is 0 Å². The monoisotopic (exact) mass is 260 g/mol. The van der Waals surface area contributed by atoms with Crippen LogP contribution in [0.2, 0.25) is 0 Å². The number of allylic oxidation sites excluding steroid dienone is 2. The molecule has 0 unspecified atom stereocenters. The highest BCUT2D eigenvalue weighted by Crippen LogP contribution is 2.28. The summed E-state index contributed by atoms with van der Waals surface area (Å²) < 4.78 is 0. The van der Waals surface area contributed by atoms with E-state index >= 15 is 0 Å². The molecule has 5 heteroatoms. The Morgan fingerprint density at radius 1 is 1.21 bits per heavy atom. The van der Waals surface area contributed by atoms with Gasteiger partial charge in [-0.3, -0.25) is 14.6 Å². The van der Waals surface area contributed by atoms with Gasteiger partial charge in [-0.1, -0.05) is 12.2 Å². The highest BCUT2D eigenvalue weighted by Gasteiger charge is 2.35. The first-order valence-corrected chi connectivity index (χ1v) is 6.16. The van der Waals surface area contributed by atoms with Crippen LogP contribution in [0, 0.1) is 11.8 Å². The largest absolute Gasteiger partial charge is 0.481 e. The maximum atomic E-state index is 12.4. The number of carboxylic acids is 1. The fraction of sp³-hybridized carbons (Fsp3) is 0.357. The Labute approximate surface area is 111 Å². The van der Waals surface area contributed by atoms with E-state index in [-0.39, 0.29) is 5.91 Å². The highest BCUT2D eigenvalue weighted by molar-refractivity contribution is 5.97. The molecule has 0 radical (unpaired) electrons. The van der Waals surface area contributed by atoms with Crippen LogP contribution in [0.5, 0.6) is 0 Å². The molecule has 5 nitrogen and oxygen atoms in total. The van der Waals surface area contributed by atoms with Gasteiger partial charge < -0.3 is 10.0 Å². The van der Waals surface area contributed by atoms with Gasteiger partial charge in [0.2, 0.25) is 5.91 Å². The van der Waals surface area contributed by atoms with E-state index in [0.29, 0.717) is 12.8 Å². The Kier molecular flexibility index (Phi) is 3.94. The Bertz CT molecular complexity index is 499. The third-order valence-corrected chi connectivity index (χ3v) is 3.45. The first-order chi connectivity index (χ1) is 9.11. The van der Waals surface area contributed by atoms with Crippen molar-refractivity contribution in [2.45, 2.75) is 12.8 Å². The Balaban J connectivity index is 2.18. The number of hydrogen-bond acceptors (Lipinski definition) is 3. The lowest BCUT2D eigenvalue weighted by Crippen LogP contribution is -2.40. The van der Waals surface area contributed by atoms with E-state index in [1.165, 1.54) is 4.90 Å². The summed E-state index contributed by atoms with van der Waals surface area (Å²) in [6.07, 6.45) is 7.81. The van der Waals surface area contributed by atoms with Crippen LogP contribution in [0.15, 0.2) is 36.7 Å². The average Bonchev–Trinajstić information content (AvgIpc) is 2.46. The molecule has 0 saturated carbocycles. The predicted octanol–water partition coefficient (Wildman–Crippen LogP) is 1.71. The van der Waals surface area contributed by atoms with E-state index in [1.54, 1.807) is 31.6 Å².